The molecule has 3 atom stereocenters. The monoisotopic (exact) mass is 482 g/mol. The van der Waals surface area contributed by atoms with Crippen LogP contribution in [0.5, 0.6) is 0 Å². The first kappa shape index (κ1) is 28.1. The highest BCUT2D eigenvalue weighted by Gasteiger charge is 2.41. The van der Waals surface area contributed by atoms with Crippen molar-refractivity contribution in [2.45, 2.75) is 71.8 Å². The van der Waals surface area contributed by atoms with E-state index in [4.69, 9.17) is 4.74 Å². The number of esters is 1. The van der Waals surface area contributed by atoms with Crippen molar-refractivity contribution >= 4 is 23.5 Å². The fraction of sp³-hybridized carbons (Fsp3) is 0.464. The summed E-state index contributed by atoms with van der Waals surface area (Å²) in [6.07, 6.45) is -1.03. The second-order valence-corrected chi connectivity index (χ2v) is 10.1. The minimum Gasteiger partial charge on any atom is -0.458 e. The molecule has 2 aromatic rings. The Labute approximate surface area is 208 Å². The Kier molecular flexibility index (Phi) is 9.60. The van der Waals surface area contributed by atoms with E-state index in [0.717, 1.165) is 5.56 Å². The van der Waals surface area contributed by atoms with E-state index in [2.05, 4.69) is 0 Å². The van der Waals surface area contributed by atoms with Gasteiger partial charge in [-0.25, -0.2) is 4.79 Å². The molecule has 2 rings (SSSR count). The van der Waals surface area contributed by atoms with E-state index < -0.39 is 41.6 Å². The standard InChI is InChI=1S/C28H38N2O5/c1-19(2)24(29(7)25(32)20(3)31)26(33)30(22-16-12-9-13-17-22)23(27(34)35-28(4,5)6)18-21-14-10-8-11-15-21/h8-17,19-20,23-24,31H,18H2,1-7H3/t20-,23-,24-/m0/s1. The molecule has 0 fully saturated rings. The van der Waals surface area contributed by atoms with E-state index in [1.807, 2.05) is 50.2 Å². The summed E-state index contributed by atoms with van der Waals surface area (Å²) in [4.78, 5) is 43.1. The highest BCUT2D eigenvalue weighted by Crippen LogP contribution is 2.26. The smallest absolute Gasteiger partial charge is 0.330 e. The lowest BCUT2D eigenvalue weighted by Gasteiger charge is -2.39. The third-order valence-electron chi connectivity index (χ3n) is 5.54. The van der Waals surface area contributed by atoms with Crippen LogP contribution in [-0.4, -0.2) is 58.6 Å². The molecule has 7 heteroatoms. The van der Waals surface area contributed by atoms with Crippen LogP contribution in [0.4, 0.5) is 5.69 Å². The number of nitrogens with zero attached hydrogens (tertiary/aromatic N) is 2. The first-order chi connectivity index (χ1) is 16.3. The average molecular weight is 483 g/mol. The number of carbonyl (C=O) groups excluding carboxylic acids is 3. The molecule has 0 aliphatic rings. The van der Waals surface area contributed by atoms with Gasteiger partial charge < -0.3 is 14.7 Å². The van der Waals surface area contributed by atoms with Gasteiger partial charge in [0.25, 0.3) is 11.8 Å². The van der Waals surface area contributed by atoms with Crippen LogP contribution in [0.15, 0.2) is 60.7 Å². The van der Waals surface area contributed by atoms with Crippen molar-refractivity contribution in [3.05, 3.63) is 66.2 Å². The van der Waals surface area contributed by atoms with E-state index in [9.17, 15) is 19.5 Å². The molecule has 0 heterocycles. The topological polar surface area (TPSA) is 87.2 Å². The van der Waals surface area contributed by atoms with Gasteiger partial charge in [-0.15, -0.1) is 0 Å². The van der Waals surface area contributed by atoms with Gasteiger partial charge in [-0.05, 0) is 51.3 Å². The Hall–Kier alpha value is -3.19. The fourth-order valence-corrected chi connectivity index (χ4v) is 4.01. The first-order valence-electron chi connectivity index (χ1n) is 11.9. The molecule has 0 spiro atoms. The van der Waals surface area contributed by atoms with Crippen molar-refractivity contribution in [2.75, 3.05) is 11.9 Å². The number of ether oxygens (including phenoxy) is 1. The normalized spacial score (nSPS) is 14.1. The van der Waals surface area contributed by atoms with Gasteiger partial charge in [-0.3, -0.25) is 14.5 Å². The molecule has 1 N–H and O–H groups in total. The maximum atomic E-state index is 14.2. The molecule has 2 amide bonds. The van der Waals surface area contributed by atoms with E-state index in [1.54, 1.807) is 45.0 Å². The maximum Gasteiger partial charge on any atom is 0.330 e. The molecule has 0 radical (unpaired) electrons. The van der Waals surface area contributed by atoms with Gasteiger partial charge in [0.1, 0.15) is 23.8 Å². The Morgan fingerprint density at radius 3 is 1.86 bits per heavy atom. The Bertz CT molecular complexity index is 983. The predicted octanol–water partition coefficient (Wildman–Crippen LogP) is 3.84. The van der Waals surface area contributed by atoms with Gasteiger partial charge >= 0.3 is 5.97 Å². The van der Waals surface area contributed by atoms with Crippen molar-refractivity contribution in [2.24, 2.45) is 5.92 Å². The average Bonchev–Trinajstić information content (AvgIpc) is 2.78. The van der Waals surface area contributed by atoms with Gasteiger partial charge in [-0.1, -0.05) is 62.4 Å². The van der Waals surface area contributed by atoms with E-state index >= 15 is 0 Å². The summed E-state index contributed by atoms with van der Waals surface area (Å²) in [6, 6.07) is 16.5. The van der Waals surface area contributed by atoms with Gasteiger partial charge in [0.2, 0.25) is 0 Å². The molecule has 0 unspecified atom stereocenters. The highest BCUT2D eigenvalue weighted by atomic mass is 16.6. The van der Waals surface area contributed by atoms with Crippen molar-refractivity contribution in [1.82, 2.24) is 4.90 Å². The maximum absolute atomic E-state index is 14.2. The first-order valence-corrected chi connectivity index (χ1v) is 11.9. The fourth-order valence-electron chi connectivity index (χ4n) is 4.01. The van der Waals surface area contributed by atoms with Crippen molar-refractivity contribution < 1.29 is 24.2 Å². The van der Waals surface area contributed by atoms with Crippen LogP contribution in [0, 0.1) is 5.92 Å². The summed E-state index contributed by atoms with van der Waals surface area (Å²) in [6.45, 7) is 10.4. The van der Waals surface area contributed by atoms with Crippen LogP contribution in [0.2, 0.25) is 0 Å². The Morgan fingerprint density at radius 1 is 0.886 bits per heavy atom. The zero-order valence-electron chi connectivity index (χ0n) is 21.8. The van der Waals surface area contributed by atoms with E-state index in [1.165, 1.54) is 23.8 Å². The molecule has 0 aromatic heterocycles. The second-order valence-electron chi connectivity index (χ2n) is 10.1. The number of anilines is 1. The quantitative estimate of drug-likeness (QED) is 0.549. The van der Waals surface area contributed by atoms with Gasteiger partial charge in [0, 0.05) is 19.2 Å². The molecule has 0 aliphatic carbocycles. The number of aliphatic hydroxyl groups excluding tert-OH is 1. The number of rotatable bonds is 9. The van der Waals surface area contributed by atoms with Crippen molar-refractivity contribution in [1.29, 1.82) is 0 Å². The van der Waals surface area contributed by atoms with Crippen molar-refractivity contribution in [3.63, 3.8) is 0 Å². The van der Waals surface area contributed by atoms with Crippen LogP contribution >= 0.6 is 0 Å². The lowest BCUT2D eigenvalue weighted by molar-refractivity contribution is -0.157. The Balaban J connectivity index is 2.64. The third kappa shape index (κ3) is 7.65. The Morgan fingerprint density at radius 2 is 1.40 bits per heavy atom. The molecule has 2 aromatic carbocycles. The number of aliphatic hydroxyl groups is 1. The van der Waals surface area contributed by atoms with Gasteiger partial charge in [0.15, 0.2) is 0 Å². The number of para-hydroxylation sites is 1. The zero-order valence-corrected chi connectivity index (χ0v) is 21.8. The summed E-state index contributed by atoms with van der Waals surface area (Å²) >= 11 is 0. The molecule has 0 aliphatic heterocycles. The van der Waals surface area contributed by atoms with E-state index in [0.29, 0.717) is 5.69 Å². The summed E-state index contributed by atoms with van der Waals surface area (Å²) < 4.78 is 5.76. The molecular formula is C28H38N2O5. The summed E-state index contributed by atoms with van der Waals surface area (Å²) in [5.41, 5.74) is 0.632. The molecular weight excluding hydrogens is 444 g/mol. The zero-order chi connectivity index (χ0) is 26.3. The molecule has 7 nitrogen and oxygen atoms in total. The SMILES string of the molecule is CC(C)[C@@H](C(=O)N(c1ccccc1)[C@@H](Cc1ccccc1)C(=O)OC(C)(C)C)N(C)C(=O)[C@H](C)O. The molecule has 0 bridgehead atoms. The minimum absolute atomic E-state index is 0.231. The van der Waals surface area contributed by atoms with Crippen LogP contribution in [0.3, 0.4) is 0 Å². The van der Waals surface area contributed by atoms with Crippen LogP contribution in [0.1, 0.15) is 47.1 Å². The molecule has 0 saturated carbocycles. The van der Waals surface area contributed by atoms with Gasteiger partial charge in [0.05, 0.1) is 0 Å². The highest BCUT2D eigenvalue weighted by molar-refractivity contribution is 6.04. The number of hydrogen-bond acceptors (Lipinski definition) is 5. The van der Waals surface area contributed by atoms with Crippen LogP contribution in [0.25, 0.3) is 0 Å². The third-order valence-corrected chi connectivity index (χ3v) is 5.54. The van der Waals surface area contributed by atoms with Crippen LogP contribution < -0.4 is 4.90 Å². The van der Waals surface area contributed by atoms with Crippen molar-refractivity contribution in [3.8, 4) is 0 Å². The largest absolute Gasteiger partial charge is 0.458 e. The summed E-state index contributed by atoms with van der Waals surface area (Å²) in [5.74, 6) is -1.81. The van der Waals surface area contributed by atoms with Gasteiger partial charge in [-0.2, -0.15) is 0 Å². The summed E-state index contributed by atoms with van der Waals surface area (Å²) in [5, 5.41) is 9.89. The number of amides is 2. The number of hydrogen-bond donors (Lipinski definition) is 1. The number of likely N-dealkylation sites (N-methyl/N-ethyl adjacent to an activating group) is 1. The number of carbonyl (C=O) groups is 3. The second kappa shape index (κ2) is 12.0. The minimum atomic E-state index is -1.26. The van der Waals surface area contributed by atoms with Crippen LogP contribution in [-0.2, 0) is 25.5 Å². The molecule has 0 saturated heterocycles. The lowest BCUT2D eigenvalue weighted by Crippen LogP contribution is -2.58. The predicted molar refractivity (Wildman–Crippen MR) is 137 cm³/mol. The number of benzene rings is 2. The molecule has 35 heavy (non-hydrogen) atoms. The van der Waals surface area contributed by atoms with E-state index in [-0.39, 0.29) is 12.3 Å². The molecule has 190 valence electrons. The summed E-state index contributed by atoms with van der Waals surface area (Å²) in [7, 11) is 1.50. The lowest BCUT2D eigenvalue weighted by atomic mass is 9.97.